The number of aliphatic hydroxyl groups excluding tert-OH is 1. The van der Waals surface area contributed by atoms with Crippen LogP contribution in [0.25, 0.3) is 0 Å². The Kier molecular flexibility index (Phi) is 16.8. The average Bonchev–Trinajstić information content (AvgIpc) is 2.72. The van der Waals surface area contributed by atoms with Crippen LogP contribution in [0.2, 0.25) is 0 Å². The molecule has 0 fully saturated rings. The standard InChI is InChI=1S/C28H50N2O5S/c1-19(2)12-10-13-21(5)14-11-15-22(6)16-17-36-18-23(26(32)33)29-25(31)24(20(3)4)30-27(34)35-28(7,8)9/h12,14,16,20,23-24,26,32-33H,10-11,13,15,17-18H2,1-9H3,(H,29,31)(H,30,34)/b21-14+,22-16+/t23-,24-/m0/s1. The maximum atomic E-state index is 12.8. The first-order valence-electron chi connectivity index (χ1n) is 12.8. The lowest BCUT2D eigenvalue weighted by atomic mass is 10.0. The Bertz CT molecular complexity index is 762. The van der Waals surface area contributed by atoms with Crippen molar-refractivity contribution in [3.05, 3.63) is 34.9 Å². The number of rotatable bonds is 15. The third-order valence-electron chi connectivity index (χ3n) is 5.28. The summed E-state index contributed by atoms with van der Waals surface area (Å²) in [5.41, 5.74) is 3.36. The van der Waals surface area contributed by atoms with Gasteiger partial charge >= 0.3 is 6.09 Å². The number of alkyl carbamates (subject to hydrolysis) is 1. The van der Waals surface area contributed by atoms with Crippen LogP contribution in [0, 0.1) is 5.92 Å². The molecule has 0 aliphatic carbocycles. The fraction of sp³-hybridized carbons (Fsp3) is 0.714. The highest BCUT2D eigenvalue weighted by Crippen LogP contribution is 2.14. The van der Waals surface area contributed by atoms with Gasteiger partial charge in [-0.15, -0.1) is 0 Å². The number of carbonyl (C=O) groups excluding carboxylic acids is 2. The van der Waals surface area contributed by atoms with E-state index in [2.05, 4.69) is 56.6 Å². The van der Waals surface area contributed by atoms with E-state index in [-0.39, 0.29) is 5.92 Å². The van der Waals surface area contributed by atoms with E-state index in [0.29, 0.717) is 11.5 Å². The van der Waals surface area contributed by atoms with E-state index in [1.54, 1.807) is 34.6 Å². The first-order chi connectivity index (χ1) is 16.6. The van der Waals surface area contributed by atoms with Gasteiger partial charge in [-0.1, -0.05) is 48.8 Å². The van der Waals surface area contributed by atoms with Gasteiger partial charge in [-0.2, -0.15) is 11.8 Å². The monoisotopic (exact) mass is 526 g/mol. The highest BCUT2D eigenvalue weighted by molar-refractivity contribution is 7.99. The van der Waals surface area contributed by atoms with Crippen LogP contribution in [-0.4, -0.2) is 57.7 Å². The van der Waals surface area contributed by atoms with Gasteiger partial charge in [0.1, 0.15) is 11.6 Å². The molecule has 4 N–H and O–H groups in total. The number of thioether (sulfide) groups is 1. The molecule has 0 aromatic carbocycles. The van der Waals surface area contributed by atoms with Gasteiger partial charge < -0.3 is 25.6 Å². The second kappa shape index (κ2) is 17.6. The molecule has 36 heavy (non-hydrogen) atoms. The zero-order chi connectivity index (χ0) is 27.9. The number of carbonyl (C=O) groups is 2. The van der Waals surface area contributed by atoms with Crippen molar-refractivity contribution in [1.82, 2.24) is 10.6 Å². The smallest absolute Gasteiger partial charge is 0.408 e. The minimum atomic E-state index is -1.71. The van der Waals surface area contributed by atoms with Crippen LogP contribution >= 0.6 is 11.8 Å². The minimum Gasteiger partial charge on any atom is -0.444 e. The van der Waals surface area contributed by atoms with Gasteiger partial charge in [-0.3, -0.25) is 4.79 Å². The summed E-state index contributed by atoms with van der Waals surface area (Å²) in [6, 6.07) is -1.71. The summed E-state index contributed by atoms with van der Waals surface area (Å²) < 4.78 is 5.24. The van der Waals surface area contributed by atoms with Crippen molar-refractivity contribution in [1.29, 1.82) is 0 Å². The normalized spacial score (nSPS) is 14.5. The lowest BCUT2D eigenvalue weighted by Crippen LogP contribution is -2.55. The minimum absolute atomic E-state index is 0.211. The van der Waals surface area contributed by atoms with Gasteiger partial charge in [0.05, 0.1) is 6.04 Å². The number of allylic oxidation sites excluding steroid dienone is 5. The van der Waals surface area contributed by atoms with Crippen molar-refractivity contribution in [3.63, 3.8) is 0 Å². The van der Waals surface area contributed by atoms with Gasteiger partial charge in [-0.25, -0.2) is 4.79 Å². The van der Waals surface area contributed by atoms with Gasteiger partial charge in [0, 0.05) is 11.5 Å². The number of nitrogens with one attached hydrogen (secondary N) is 2. The molecule has 0 unspecified atom stereocenters. The van der Waals surface area contributed by atoms with Crippen molar-refractivity contribution in [2.45, 2.75) is 112 Å². The van der Waals surface area contributed by atoms with E-state index in [9.17, 15) is 19.8 Å². The number of ether oxygens (including phenoxy) is 1. The van der Waals surface area contributed by atoms with Crippen LogP contribution in [0.4, 0.5) is 4.79 Å². The summed E-state index contributed by atoms with van der Waals surface area (Å²) >= 11 is 1.51. The lowest BCUT2D eigenvalue weighted by Gasteiger charge is -2.27. The van der Waals surface area contributed by atoms with Crippen LogP contribution < -0.4 is 10.6 Å². The Morgan fingerprint density at radius 1 is 0.917 bits per heavy atom. The molecule has 8 heteroatoms. The van der Waals surface area contributed by atoms with Crippen LogP contribution in [-0.2, 0) is 9.53 Å². The molecule has 0 bridgehead atoms. The Balaban J connectivity index is 4.68. The topological polar surface area (TPSA) is 108 Å². The van der Waals surface area contributed by atoms with E-state index in [1.165, 1.54) is 28.5 Å². The average molecular weight is 527 g/mol. The molecule has 0 spiro atoms. The maximum Gasteiger partial charge on any atom is 0.408 e. The predicted octanol–water partition coefficient (Wildman–Crippen LogP) is 5.48. The van der Waals surface area contributed by atoms with Crippen LogP contribution in [0.3, 0.4) is 0 Å². The van der Waals surface area contributed by atoms with Crippen molar-refractivity contribution >= 4 is 23.8 Å². The number of aliphatic hydroxyl groups is 2. The molecule has 2 atom stereocenters. The molecular weight excluding hydrogens is 476 g/mol. The quantitative estimate of drug-likeness (QED) is 0.128. The fourth-order valence-corrected chi connectivity index (χ4v) is 4.23. The molecule has 0 aliphatic heterocycles. The zero-order valence-corrected chi connectivity index (χ0v) is 24.6. The summed E-state index contributed by atoms with van der Waals surface area (Å²) in [6.07, 6.45) is 8.46. The molecular formula is C28H50N2O5S. The highest BCUT2D eigenvalue weighted by atomic mass is 32.2. The third kappa shape index (κ3) is 17.6. The molecule has 0 aliphatic rings. The van der Waals surface area contributed by atoms with Gasteiger partial charge in [0.15, 0.2) is 6.29 Å². The number of amides is 2. The first kappa shape index (κ1) is 34.2. The van der Waals surface area contributed by atoms with Crippen LogP contribution in [0.1, 0.15) is 88.0 Å². The molecule has 2 amide bonds. The molecule has 0 aromatic heterocycles. The molecule has 0 aromatic rings. The molecule has 208 valence electrons. The van der Waals surface area contributed by atoms with Gasteiger partial charge in [0.25, 0.3) is 0 Å². The molecule has 7 nitrogen and oxygen atoms in total. The lowest BCUT2D eigenvalue weighted by molar-refractivity contribution is -0.129. The van der Waals surface area contributed by atoms with Crippen LogP contribution in [0.15, 0.2) is 34.9 Å². The highest BCUT2D eigenvalue weighted by Gasteiger charge is 2.29. The number of hydrogen-bond acceptors (Lipinski definition) is 6. The summed E-state index contributed by atoms with van der Waals surface area (Å²) in [7, 11) is 0. The fourth-order valence-electron chi connectivity index (χ4n) is 3.18. The zero-order valence-electron chi connectivity index (χ0n) is 23.8. The maximum absolute atomic E-state index is 12.8. The third-order valence-corrected chi connectivity index (χ3v) is 6.28. The molecule has 0 radical (unpaired) electrons. The Labute approximate surface area is 223 Å². The van der Waals surface area contributed by atoms with E-state index < -0.39 is 36.0 Å². The van der Waals surface area contributed by atoms with Gasteiger partial charge in [-0.05, 0) is 80.1 Å². The van der Waals surface area contributed by atoms with Gasteiger partial charge in [0.2, 0.25) is 5.91 Å². The molecule has 0 saturated carbocycles. The van der Waals surface area contributed by atoms with E-state index in [1.807, 2.05) is 0 Å². The Morgan fingerprint density at radius 2 is 1.47 bits per heavy atom. The predicted molar refractivity (Wildman–Crippen MR) is 151 cm³/mol. The summed E-state index contributed by atoms with van der Waals surface area (Å²) in [4.78, 5) is 24.9. The summed E-state index contributed by atoms with van der Waals surface area (Å²) in [6.45, 7) is 17.3. The van der Waals surface area contributed by atoms with E-state index in [4.69, 9.17) is 4.74 Å². The van der Waals surface area contributed by atoms with Crippen molar-refractivity contribution < 1.29 is 24.5 Å². The van der Waals surface area contributed by atoms with Crippen molar-refractivity contribution in [3.8, 4) is 0 Å². The number of hydrogen-bond donors (Lipinski definition) is 4. The van der Waals surface area contributed by atoms with E-state index in [0.717, 1.165) is 25.7 Å². The molecule has 0 rings (SSSR count). The second-order valence-electron chi connectivity index (χ2n) is 10.9. The molecule has 0 saturated heterocycles. The van der Waals surface area contributed by atoms with Crippen molar-refractivity contribution in [2.75, 3.05) is 11.5 Å². The van der Waals surface area contributed by atoms with Crippen LogP contribution in [0.5, 0.6) is 0 Å². The summed E-state index contributed by atoms with van der Waals surface area (Å²) in [5.74, 6) is 0.344. The Hall–Kier alpha value is -1.77. The first-order valence-corrected chi connectivity index (χ1v) is 14.0. The largest absolute Gasteiger partial charge is 0.444 e. The van der Waals surface area contributed by atoms with E-state index >= 15 is 0 Å². The second-order valence-corrected chi connectivity index (χ2v) is 12.0. The summed E-state index contributed by atoms with van der Waals surface area (Å²) in [5, 5.41) is 24.8. The SMILES string of the molecule is CC(C)=CCC/C(C)=C/CC/C(C)=C/CSC[C@H](NC(=O)[C@@H](NC(=O)OC(C)(C)C)C(C)C)C(O)O. The molecule has 0 heterocycles. The van der Waals surface area contributed by atoms with Crippen molar-refractivity contribution in [2.24, 2.45) is 5.92 Å². The Morgan fingerprint density at radius 3 is 1.97 bits per heavy atom.